The topological polar surface area (TPSA) is 73.6 Å². The third-order valence-corrected chi connectivity index (χ3v) is 2.68. The van der Waals surface area contributed by atoms with Gasteiger partial charge in [0.15, 0.2) is 5.76 Å². The zero-order valence-electron chi connectivity index (χ0n) is 9.76. The minimum absolute atomic E-state index is 0.293. The van der Waals surface area contributed by atoms with E-state index in [4.69, 9.17) is 4.42 Å². The van der Waals surface area contributed by atoms with Gasteiger partial charge >= 0.3 is 5.88 Å². The largest absolute Gasteiger partial charge is 0.433 e. The summed E-state index contributed by atoms with van der Waals surface area (Å²) in [5.41, 5.74) is 0.958. The van der Waals surface area contributed by atoms with Gasteiger partial charge in [-0.15, -0.1) is 0 Å². The summed E-state index contributed by atoms with van der Waals surface area (Å²) in [5.74, 6) is 0.0447. The molecular weight excluding hydrogens is 246 g/mol. The van der Waals surface area contributed by atoms with Gasteiger partial charge in [0, 0.05) is 11.6 Å². The average Bonchev–Trinajstić information content (AvgIpc) is 3.03. The quantitative estimate of drug-likeness (QED) is 0.410. The molecule has 2 heterocycles. The number of benzene rings is 1. The summed E-state index contributed by atoms with van der Waals surface area (Å²) in [6.45, 7) is 0. The van der Waals surface area contributed by atoms with Gasteiger partial charge in [0.25, 0.3) is 0 Å². The molecule has 0 bridgehead atoms. The molecule has 94 valence electrons. The van der Waals surface area contributed by atoms with E-state index in [9.17, 15) is 10.1 Å². The third kappa shape index (κ3) is 2.11. The van der Waals surface area contributed by atoms with Crippen molar-refractivity contribution < 1.29 is 9.34 Å². The second-order valence-electron chi connectivity index (χ2n) is 3.90. The summed E-state index contributed by atoms with van der Waals surface area (Å²) in [5, 5.41) is 15.8. The summed E-state index contributed by atoms with van der Waals surface area (Å²) < 4.78 is 6.68. The van der Waals surface area contributed by atoms with E-state index >= 15 is 0 Å². The third-order valence-electron chi connectivity index (χ3n) is 2.68. The van der Waals surface area contributed by atoms with Crippen LogP contribution in [-0.4, -0.2) is 15.8 Å². The van der Waals surface area contributed by atoms with Gasteiger partial charge < -0.3 is 4.42 Å². The molecule has 0 atom stereocenters. The van der Waals surface area contributed by atoms with E-state index in [1.165, 1.54) is 18.3 Å². The first-order valence-electron chi connectivity index (χ1n) is 5.59. The van der Waals surface area contributed by atoms with Gasteiger partial charge in [-0.05, 0) is 18.2 Å². The number of aromatic nitrogens is 1. The van der Waals surface area contributed by atoms with E-state index in [2.05, 4.69) is 5.10 Å². The van der Waals surface area contributed by atoms with Crippen LogP contribution in [0.5, 0.6) is 0 Å². The fraction of sp³-hybridized carbons (Fsp3) is 0. The van der Waals surface area contributed by atoms with Crippen LogP contribution in [0.3, 0.4) is 0 Å². The smallest absolute Gasteiger partial charge is 0.400 e. The summed E-state index contributed by atoms with van der Waals surface area (Å²) >= 11 is 0. The molecule has 2 aromatic heterocycles. The maximum Gasteiger partial charge on any atom is 0.433 e. The zero-order valence-corrected chi connectivity index (χ0v) is 9.76. The van der Waals surface area contributed by atoms with Crippen LogP contribution < -0.4 is 0 Å². The molecule has 6 heteroatoms. The fourth-order valence-corrected chi connectivity index (χ4v) is 1.80. The Kier molecular flexibility index (Phi) is 2.60. The molecule has 3 rings (SSSR count). The lowest BCUT2D eigenvalue weighted by Gasteiger charge is -1.95. The van der Waals surface area contributed by atoms with Crippen molar-refractivity contribution in [3.05, 3.63) is 64.5 Å². The molecule has 0 amide bonds. The van der Waals surface area contributed by atoms with Crippen molar-refractivity contribution in [3.63, 3.8) is 0 Å². The lowest BCUT2D eigenvalue weighted by Crippen LogP contribution is -1.87. The Hall–Kier alpha value is -2.89. The number of furan rings is 1. The van der Waals surface area contributed by atoms with Gasteiger partial charge in [0.05, 0.1) is 17.8 Å². The highest BCUT2D eigenvalue weighted by atomic mass is 16.6. The number of nitrogens with zero attached hydrogens (tertiary/aromatic N) is 3. The number of fused-ring (bicyclic) bond motifs is 1. The van der Waals surface area contributed by atoms with E-state index in [0.29, 0.717) is 5.76 Å². The molecule has 0 aliphatic carbocycles. The monoisotopic (exact) mass is 255 g/mol. The van der Waals surface area contributed by atoms with Gasteiger partial charge in [-0.3, -0.25) is 10.1 Å². The number of para-hydroxylation sites is 1. The predicted octanol–water partition coefficient (Wildman–Crippen LogP) is 3.02. The highest BCUT2D eigenvalue weighted by Crippen LogP contribution is 2.16. The molecule has 6 nitrogen and oxygen atoms in total. The first-order chi connectivity index (χ1) is 9.24. The first kappa shape index (κ1) is 11.2. The number of rotatable bonds is 3. The molecule has 0 aliphatic heterocycles. The Morgan fingerprint density at radius 1 is 1.21 bits per heavy atom. The predicted molar refractivity (Wildman–Crippen MR) is 70.3 cm³/mol. The summed E-state index contributed by atoms with van der Waals surface area (Å²) in [6, 6.07) is 12.6. The zero-order chi connectivity index (χ0) is 13.2. The molecular formula is C13H9N3O3. The number of hydrogen-bond acceptors (Lipinski definition) is 4. The van der Waals surface area contributed by atoms with Crippen LogP contribution in [0.4, 0.5) is 5.88 Å². The van der Waals surface area contributed by atoms with E-state index in [1.54, 1.807) is 4.68 Å². The van der Waals surface area contributed by atoms with Gasteiger partial charge in [-0.25, -0.2) is 4.68 Å². The molecule has 0 unspecified atom stereocenters. The molecule has 1 aromatic carbocycles. The van der Waals surface area contributed by atoms with Crippen LogP contribution in [-0.2, 0) is 0 Å². The Balaban J connectivity index is 1.91. The Morgan fingerprint density at radius 3 is 2.84 bits per heavy atom. The van der Waals surface area contributed by atoms with E-state index in [1.807, 2.05) is 36.5 Å². The van der Waals surface area contributed by atoms with Crippen molar-refractivity contribution >= 4 is 23.0 Å². The Bertz CT molecular complexity index is 770. The summed E-state index contributed by atoms with van der Waals surface area (Å²) in [7, 11) is 0. The number of hydrogen-bond donors (Lipinski definition) is 0. The van der Waals surface area contributed by atoms with Crippen molar-refractivity contribution in [3.8, 4) is 0 Å². The van der Waals surface area contributed by atoms with E-state index in [0.717, 1.165) is 10.9 Å². The molecule has 0 N–H and O–H groups in total. The van der Waals surface area contributed by atoms with Crippen LogP contribution in [0, 0.1) is 10.1 Å². The van der Waals surface area contributed by atoms with Gasteiger partial charge in [-0.2, -0.15) is 5.10 Å². The van der Waals surface area contributed by atoms with Gasteiger partial charge in [0.1, 0.15) is 4.92 Å². The van der Waals surface area contributed by atoms with Crippen molar-refractivity contribution in [1.29, 1.82) is 0 Å². The molecule has 0 saturated heterocycles. The molecule has 0 spiro atoms. The maximum atomic E-state index is 10.5. The number of nitro groups is 1. The van der Waals surface area contributed by atoms with Crippen LogP contribution in [0.15, 0.2) is 58.2 Å². The highest BCUT2D eigenvalue weighted by molar-refractivity contribution is 5.81. The van der Waals surface area contributed by atoms with Crippen LogP contribution in [0.1, 0.15) is 5.76 Å². The van der Waals surface area contributed by atoms with Gasteiger partial charge in [0.2, 0.25) is 0 Å². The Labute approximate surface area is 107 Å². The lowest BCUT2D eigenvalue weighted by molar-refractivity contribution is -0.402. The minimum Gasteiger partial charge on any atom is -0.400 e. The van der Waals surface area contributed by atoms with E-state index < -0.39 is 4.92 Å². The Morgan fingerprint density at radius 2 is 2.05 bits per heavy atom. The molecule has 0 saturated carbocycles. The fourth-order valence-electron chi connectivity index (χ4n) is 1.80. The second-order valence-corrected chi connectivity index (χ2v) is 3.90. The van der Waals surface area contributed by atoms with Crippen molar-refractivity contribution in [1.82, 2.24) is 4.68 Å². The van der Waals surface area contributed by atoms with Crippen LogP contribution in [0.25, 0.3) is 10.9 Å². The molecule has 0 aliphatic rings. The SMILES string of the molecule is O=[N+]([O-])c1ccc(/C=N/n2ccc3ccccc32)o1. The van der Waals surface area contributed by atoms with Crippen LogP contribution >= 0.6 is 0 Å². The molecule has 3 aromatic rings. The summed E-state index contributed by atoms with van der Waals surface area (Å²) in [4.78, 5) is 9.90. The van der Waals surface area contributed by atoms with Gasteiger partial charge in [-0.1, -0.05) is 18.2 Å². The molecule has 0 fully saturated rings. The van der Waals surface area contributed by atoms with Crippen molar-refractivity contribution in [2.45, 2.75) is 0 Å². The standard InChI is InChI=1S/C13H9N3O3/c17-16(18)13-6-5-11(19-13)9-14-15-8-7-10-3-1-2-4-12(10)15/h1-9H/b14-9+. The average molecular weight is 255 g/mol. The normalized spacial score (nSPS) is 11.4. The van der Waals surface area contributed by atoms with Crippen molar-refractivity contribution in [2.75, 3.05) is 0 Å². The molecule has 19 heavy (non-hydrogen) atoms. The van der Waals surface area contributed by atoms with E-state index in [-0.39, 0.29) is 5.88 Å². The first-order valence-corrected chi connectivity index (χ1v) is 5.59. The maximum absolute atomic E-state index is 10.5. The minimum atomic E-state index is -0.581. The van der Waals surface area contributed by atoms with Crippen LogP contribution in [0.2, 0.25) is 0 Å². The molecule has 0 radical (unpaired) electrons. The van der Waals surface area contributed by atoms with Crippen molar-refractivity contribution in [2.24, 2.45) is 5.10 Å². The lowest BCUT2D eigenvalue weighted by atomic mass is 10.3. The highest BCUT2D eigenvalue weighted by Gasteiger charge is 2.10. The second kappa shape index (κ2) is 4.41. The summed E-state index contributed by atoms with van der Waals surface area (Å²) in [6.07, 6.45) is 3.26.